The molecule has 1 saturated heterocycles. The van der Waals surface area contributed by atoms with Gasteiger partial charge in [-0.1, -0.05) is 57.9 Å². The first-order valence-corrected chi connectivity index (χ1v) is 9.42. The second kappa shape index (κ2) is 7.33. The van der Waals surface area contributed by atoms with Crippen LogP contribution in [0.3, 0.4) is 0 Å². The Morgan fingerprint density at radius 2 is 1.35 bits per heavy atom. The van der Waals surface area contributed by atoms with Crippen molar-refractivity contribution in [3.05, 3.63) is 80.8 Å². The van der Waals surface area contributed by atoms with Crippen LogP contribution >= 0.6 is 27.7 Å². The summed E-state index contributed by atoms with van der Waals surface area (Å²) in [7, 11) is 0. The van der Waals surface area contributed by atoms with Gasteiger partial charge in [-0.15, -0.1) is 0 Å². The predicted molar refractivity (Wildman–Crippen MR) is 104 cm³/mol. The van der Waals surface area contributed by atoms with Gasteiger partial charge in [0.1, 0.15) is 0 Å². The number of ketones is 1. The second-order valence-electron chi connectivity index (χ2n) is 5.62. The first-order chi connectivity index (χ1) is 11.1. The summed E-state index contributed by atoms with van der Waals surface area (Å²) in [5, 5.41) is 0. The van der Waals surface area contributed by atoms with Gasteiger partial charge in [0.2, 0.25) is 0 Å². The van der Waals surface area contributed by atoms with Gasteiger partial charge in [-0.2, -0.15) is 11.8 Å². The van der Waals surface area contributed by atoms with Crippen molar-refractivity contribution < 1.29 is 4.79 Å². The summed E-state index contributed by atoms with van der Waals surface area (Å²) < 4.78 is 1.05. The molecule has 1 heterocycles. The molecular formula is C20H17BrOS. The molecule has 0 amide bonds. The topological polar surface area (TPSA) is 17.1 Å². The number of hydrogen-bond donors (Lipinski definition) is 0. The Kier molecular flexibility index (Phi) is 5.19. The Morgan fingerprint density at radius 1 is 0.870 bits per heavy atom. The molecule has 116 valence electrons. The van der Waals surface area contributed by atoms with Crippen molar-refractivity contribution in [2.45, 2.75) is 6.92 Å². The molecule has 1 aliphatic rings. The van der Waals surface area contributed by atoms with E-state index < -0.39 is 0 Å². The van der Waals surface area contributed by atoms with Gasteiger partial charge in [0.05, 0.1) is 0 Å². The molecule has 0 atom stereocenters. The minimum atomic E-state index is 0.173. The van der Waals surface area contributed by atoms with Gasteiger partial charge in [0.15, 0.2) is 5.78 Å². The maximum atomic E-state index is 12.7. The van der Waals surface area contributed by atoms with Gasteiger partial charge in [0.25, 0.3) is 0 Å². The van der Waals surface area contributed by atoms with E-state index >= 15 is 0 Å². The fourth-order valence-electron chi connectivity index (χ4n) is 2.45. The van der Waals surface area contributed by atoms with Gasteiger partial charge >= 0.3 is 0 Å². The molecule has 23 heavy (non-hydrogen) atoms. The molecule has 1 fully saturated rings. The highest BCUT2D eigenvalue weighted by molar-refractivity contribution is 9.10. The number of thioether (sulfide) groups is 1. The molecule has 1 aliphatic heterocycles. The monoisotopic (exact) mass is 384 g/mol. The molecule has 2 aromatic carbocycles. The molecular weight excluding hydrogens is 368 g/mol. The summed E-state index contributed by atoms with van der Waals surface area (Å²) in [5.41, 5.74) is 5.14. The molecule has 3 rings (SSSR count). The quantitative estimate of drug-likeness (QED) is 0.632. The van der Waals surface area contributed by atoms with Gasteiger partial charge < -0.3 is 0 Å². The number of carbonyl (C=O) groups is 1. The highest BCUT2D eigenvalue weighted by Crippen LogP contribution is 2.27. The Hall–Kier alpha value is -1.58. The molecule has 0 aromatic heterocycles. The van der Waals surface area contributed by atoms with E-state index in [9.17, 15) is 4.79 Å². The third-order valence-corrected chi connectivity index (χ3v) is 5.29. The number of hydrogen-bond acceptors (Lipinski definition) is 2. The number of benzene rings is 2. The number of rotatable bonds is 2. The van der Waals surface area contributed by atoms with Crippen LogP contribution in [0.15, 0.2) is 64.1 Å². The highest BCUT2D eigenvalue weighted by Gasteiger charge is 2.20. The van der Waals surface area contributed by atoms with Crippen molar-refractivity contribution in [3.63, 3.8) is 0 Å². The van der Waals surface area contributed by atoms with Crippen LogP contribution < -0.4 is 0 Å². The summed E-state index contributed by atoms with van der Waals surface area (Å²) in [5.74, 6) is 1.73. The highest BCUT2D eigenvalue weighted by atomic mass is 79.9. The minimum Gasteiger partial charge on any atom is -0.289 e. The molecule has 0 bridgehead atoms. The van der Waals surface area contributed by atoms with E-state index in [-0.39, 0.29) is 5.78 Å². The zero-order chi connectivity index (χ0) is 16.2. The fraction of sp³-hybridized carbons (Fsp3) is 0.150. The molecule has 0 aliphatic carbocycles. The number of halogens is 1. The lowest BCUT2D eigenvalue weighted by Crippen LogP contribution is -2.16. The zero-order valence-electron chi connectivity index (χ0n) is 12.9. The molecule has 0 unspecified atom stereocenters. The second-order valence-corrected chi connectivity index (χ2v) is 7.52. The molecule has 2 aromatic rings. The summed E-state index contributed by atoms with van der Waals surface area (Å²) in [6.45, 7) is 2.07. The molecule has 3 heteroatoms. The first kappa shape index (κ1) is 16.3. The molecule has 0 N–H and O–H groups in total. The van der Waals surface area contributed by atoms with E-state index in [4.69, 9.17) is 0 Å². The molecule has 0 radical (unpaired) electrons. The van der Waals surface area contributed by atoms with E-state index in [0.717, 1.165) is 38.3 Å². The van der Waals surface area contributed by atoms with Crippen molar-refractivity contribution in [2.24, 2.45) is 0 Å². The van der Waals surface area contributed by atoms with Crippen molar-refractivity contribution in [1.82, 2.24) is 0 Å². The molecule has 0 saturated carbocycles. The third kappa shape index (κ3) is 4.24. The lowest BCUT2D eigenvalue weighted by atomic mass is 10.0. The van der Waals surface area contributed by atoms with Crippen molar-refractivity contribution in [3.8, 4) is 0 Å². The van der Waals surface area contributed by atoms with Crippen LogP contribution in [0.25, 0.3) is 12.2 Å². The Labute approximate surface area is 149 Å². The van der Waals surface area contributed by atoms with Gasteiger partial charge in [-0.25, -0.2) is 0 Å². The van der Waals surface area contributed by atoms with E-state index in [1.165, 1.54) is 5.56 Å². The largest absolute Gasteiger partial charge is 0.289 e. The van der Waals surface area contributed by atoms with Crippen LogP contribution in [0.1, 0.15) is 16.7 Å². The van der Waals surface area contributed by atoms with Crippen molar-refractivity contribution in [1.29, 1.82) is 0 Å². The van der Waals surface area contributed by atoms with E-state index in [0.29, 0.717) is 0 Å². The smallest absolute Gasteiger partial charge is 0.186 e. The Balaban J connectivity index is 1.86. The van der Waals surface area contributed by atoms with Crippen LogP contribution in [0.5, 0.6) is 0 Å². The standard InChI is InChI=1S/C20H17BrOS/c1-14-2-4-15(5-3-14)10-17-12-23-13-18(20(17)22)11-16-6-8-19(21)9-7-16/h2-11H,12-13H2,1H3/b17-10+,18-11+. The van der Waals surface area contributed by atoms with Crippen LogP contribution in [0.2, 0.25) is 0 Å². The maximum Gasteiger partial charge on any atom is 0.186 e. The Bertz CT molecular complexity index is 705. The normalized spacial score (nSPS) is 18.6. The first-order valence-electron chi connectivity index (χ1n) is 7.47. The summed E-state index contributed by atoms with van der Waals surface area (Å²) in [4.78, 5) is 12.7. The molecule has 1 nitrogen and oxygen atoms in total. The maximum absolute atomic E-state index is 12.7. The molecule has 0 spiro atoms. The van der Waals surface area contributed by atoms with Crippen LogP contribution in [-0.2, 0) is 4.79 Å². The zero-order valence-corrected chi connectivity index (χ0v) is 15.3. The van der Waals surface area contributed by atoms with Gasteiger partial charge in [0, 0.05) is 27.1 Å². The van der Waals surface area contributed by atoms with Gasteiger partial charge in [-0.05, 0) is 42.3 Å². The summed E-state index contributed by atoms with van der Waals surface area (Å²) in [6, 6.07) is 16.3. The average molecular weight is 385 g/mol. The number of carbonyl (C=O) groups excluding carboxylic acids is 1. The van der Waals surface area contributed by atoms with Crippen LogP contribution in [0.4, 0.5) is 0 Å². The van der Waals surface area contributed by atoms with Crippen LogP contribution in [-0.4, -0.2) is 17.3 Å². The summed E-state index contributed by atoms with van der Waals surface area (Å²) >= 11 is 5.23. The SMILES string of the molecule is Cc1ccc(/C=C2\CSC/C(=C\c3ccc(Br)cc3)C2=O)cc1. The minimum absolute atomic E-state index is 0.173. The van der Waals surface area contributed by atoms with Crippen LogP contribution in [0, 0.1) is 6.92 Å². The summed E-state index contributed by atoms with van der Waals surface area (Å²) in [6.07, 6.45) is 4.02. The lowest BCUT2D eigenvalue weighted by Gasteiger charge is -2.16. The van der Waals surface area contributed by atoms with Crippen molar-refractivity contribution in [2.75, 3.05) is 11.5 Å². The predicted octanol–water partition coefficient (Wildman–Crippen LogP) is 5.54. The lowest BCUT2D eigenvalue weighted by molar-refractivity contribution is -0.112. The number of Topliss-reactive ketones (excluding diaryl/α,β-unsaturated/α-hetero) is 1. The fourth-order valence-corrected chi connectivity index (χ4v) is 3.68. The number of aryl methyl sites for hydroxylation is 1. The van der Waals surface area contributed by atoms with Gasteiger partial charge in [-0.3, -0.25) is 4.79 Å². The van der Waals surface area contributed by atoms with E-state index in [1.54, 1.807) is 11.8 Å². The Morgan fingerprint density at radius 3 is 1.87 bits per heavy atom. The van der Waals surface area contributed by atoms with E-state index in [1.807, 2.05) is 36.4 Å². The average Bonchev–Trinajstić information content (AvgIpc) is 2.55. The third-order valence-electron chi connectivity index (χ3n) is 3.73. The van der Waals surface area contributed by atoms with Crippen molar-refractivity contribution >= 4 is 45.6 Å². The van der Waals surface area contributed by atoms with E-state index in [2.05, 4.69) is 47.1 Å².